The highest BCUT2D eigenvalue weighted by molar-refractivity contribution is 8.00. The first-order valence-corrected chi connectivity index (χ1v) is 7.34. The molecule has 0 saturated heterocycles. The molecule has 90 valence electrons. The van der Waals surface area contributed by atoms with Gasteiger partial charge in [0.15, 0.2) is 0 Å². The minimum Gasteiger partial charge on any atom is -0.545 e. The van der Waals surface area contributed by atoms with E-state index in [0.29, 0.717) is 0 Å². The monoisotopic (exact) mass is 273 g/mol. The molecule has 1 aromatic carbocycles. The molecule has 2 aromatic rings. The minimum atomic E-state index is -1.15. The van der Waals surface area contributed by atoms with Crippen molar-refractivity contribution in [1.29, 1.82) is 0 Å². The summed E-state index contributed by atoms with van der Waals surface area (Å²) < 4.78 is 1.17. The summed E-state index contributed by atoms with van der Waals surface area (Å²) >= 11 is 3.40. The summed E-state index contributed by atoms with van der Waals surface area (Å²) in [6, 6.07) is 9.91. The van der Waals surface area contributed by atoms with Crippen molar-refractivity contribution in [2.45, 2.75) is 9.96 Å². The van der Waals surface area contributed by atoms with Crippen molar-refractivity contribution in [3.8, 4) is 0 Å². The average Bonchev–Trinajstić information content (AvgIpc) is 2.77. The predicted octanol–water partition coefficient (Wildman–Crippen LogP) is 2.54. The molecule has 0 saturated carbocycles. The highest BCUT2D eigenvalue weighted by atomic mass is 32.2. The van der Waals surface area contributed by atoms with Gasteiger partial charge in [-0.25, -0.2) is 0 Å². The minimum absolute atomic E-state index is 0.756. The van der Waals surface area contributed by atoms with E-state index in [2.05, 4.69) is 0 Å². The number of aliphatic carboxylic acids is 1. The summed E-state index contributed by atoms with van der Waals surface area (Å²) in [5.74, 6) is -0.280. The normalized spacial score (nSPS) is 15.9. The molecule has 18 heavy (non-hydrogen) atoms. The molecule has 1 aromatic heterocycles. The van der Waals surface area contributed by atoms with Crippen LogP contribution >= 0.6 is 23.1 Å². The van der Waals surface area contributed by atoms with Crippen LogP contribution in [0.25, 0.3) is 5.57 Å². The fraction of sp³-hybridized carbons (Fsp3) is 0.0714. The van der Waals surface area contributed by atoms with Gasteiger partial charge in [-0.2, -0.15) is 0 Å². The molecular weight excluding hydrogens is 264 g/mol. The van der Waals surface area contributed by atoms with Gasteiger partial charge < -0.3 is 9.90 Å². The number of thioether (sulfide) groups is 1. The Hall–Kier alpha value is -1.52. The molecule has 1 aliphatic rings. The number of hydrogen-bond donors (Lipinski definition) is 0. The van der Waals surface area contributed by atoms with Gasteiger partial charge in [-0.3, -0.25) is 0 Å². The largest absolute Gasteiger partial charge is 0.545 e. The average molecular weight is 273 g/mol. The zero-order valence-electron chi connectivity index (χ0n) is 9.38. The van der Waals surface area contributed by atoms with Gasteiger partial charge >= 0.3 is 0 Å². The molecule has 0 atom stereocenters. The van der Waals surface area contributed by atoms with Crippen LogP contribution in [0, 0.1) is 0 Å². The second-order valence-corrected chi connectivity index (χ2v) is 6.10. The predicted molar refractivity (Wildman–Crippen MR) is 72.4 cm³/mol. The van der Waals surface area contributed by atoms with Crippen LogP contribution < -0.4 is 5.11 Å². The van der Waals surface area contributed by atoms with Gasteiger partial charge in [0, 0.05) is 11.3 Å². The number of carbonyl (C=O) groups is 1. The van der Waals surface area contributed by atoms with Gasteiger partial charge in [-0.1, -0.05) is 24.3 Å². The molecule has 2 nitrogen and oxygen atoms in total. The lowest BCUT2D eigenvalue weighted by atomic mass is 9.96. The number of rotatable bonds is 1. The smallest absolute Gasteiger partial charge is 0.0680 e. The Balaban J connectivity index is 2.26. The summed E-state index contributed by atoms with van der Waals surface area (Å²) in [4.78, 5) is 10.9. The van der Waals surface area contributed by atoms with Crippen molar-refractivity contribution in [3.05, 3.63) is 58.5 Å². The third-order valence-electron chi connectivity index (χ3n) is 2.85. The first-order valence-electron chi connectivity index (χ1n) is 5.47. The Morgan fingerprint density at radius 1 is 1.22 bits per heavy atom. The van der Waals surface area contributed by atoms with Crippen LogP contribution in [0.2, 0.25) is 0 Å². The van der Waals surface area contributed by atoms with Crippen molar-refractivity contribution in [2.75, 3.05) is 0 Å². The zero-order chi connectivity index (χ0) is 12.5. The zero-order valence-corrected chi connectivity index (χ0v) is 11.0. The SMILES string of the molecule is O=C([O-])/C=C1/c2ccccc2CSc2sccc21. The van der Waals surface area contributed by atoms with Gasteiger partial charge in [0.25, 0.3) is 0 Å². The third kappa shape index (κ3) is 1.98. The molecule has 0 bridgehead atoms. The topological polar surface area (TPSA) is 40.1 Å². The molecule has 0 N–H and O–H groups in total. The van der Waals surface area contributed by atoms with Crippen LogP contribution in [-0.4, -0.2) is 5.97 Å². The molecular formula is C14H9O2S2-. The maximum atomic E-state index is 10.9. The van der Waals surface area contributed by atoms with E-state index in [0.717, 1.165) is 22.5 Å². The summed E-state index contributed by atoms with van der Waals surface area (Å²) in [5.41, 5.74) is 3.91. The fourth-order valence-corrected chi connectivity index (χ4v) is 4.20. The maximum Gasteiger partial charge on any atom is 0.0680 e. The Kier molecular flexibility index (Phi) is 2.97. The standard InChI is InChI=1S/C14H10O2S2/c15-13(16)7-12-10-4-2-1-3-9(10)8-18-14-11(12)5-6-17-14/h1-7H,8H2,(H,15,16)/p-1/b12-7-. The first-order chi connectivity index (χ1) is 8.75. The molecule has 0 amide bonds. The van der Waals surface area contributed by atoms with Crippen LogP contribution in [0.15, 0.2) is 46.0 Å². The summed E-state index contributed by atoms with van der Waals surface area (Å²) in [6.45, 7) is 0. The molecule has 2 heterocycles. The first kappa shape index (κ1) is 11.6. The van der Waals surface area contributed by atoms with Gasteiger partial charge in [-0.05, 0) is 34.2 Å². The van der Waals surface area contributed by atoms with E-state index in [-0.39, 0.29) is 0 Å². The number of carboxylic acid groups (broad SMARTS) is 1. The molecule has 0 aliphatic carbocycles. The molecule has 3 rings (SSSR count). The van der Waals surface area contributed by atoms with E-state index in [1.807, 2.05) is 35.7 Å². The van der Waals surface area contributed by atoms with E-state index in [9.17, 15) is 9.90 Å². The van der Waals surface area contributed by atoms with Gasteiger partial charge in [0.1, 0.15) is 0 Å². The van der Waals surface area contributed by atoms with E-state index < -0.39 is 5.97 Å². The quantitative estimate of drug-likeness (QED) is 0.750. The Labute approximate surface area is 113 Å². The number of thiophene rings is 1. The van der Waals surface area contributed by atoms with Gasteiger partial charge in [0.2, 0.25) is 0 Å². The van der Waals surface area contributed by atoms with Crippen molar-refractivity contribution in [3.63, 3.8) is 0 Å². The number of carbonyl (C=O) groups excluding carboxylic acids is 1. The lowest BCUT2D eigenvalue weighted by Crippen LogP contribution is -2.19. The second-order valence-electron chi connectivity index (χ2n) is 3.94. The number of fused-ring (bicyclic) bond motifs is 2. The van der Waals surface area contributed by atoms with Crippen LogP contribution in [0.3, 0.4) is 0 Å². The maximum absolute atomic E-state index is 10.9. The van der Waals surface area contributed by atoms with E-state index in [4.69, 9.17) is 0 Å². The number of hydrogen-bond acceptors (Lipinski definition) is 4. The van der Waals surface area contributed by atoms with Crippen molar-refractivity contribution >= 4 is 34.6 Å². The third-order valence-corrected chi connectivity index (χ3v) is 5.13. The Morgan fingerprint density at radius 2 is 2.06 bits per heavy atom. The summed E-state index contributed by atoms with van der Waals surface area (Å²) in [5, 5.41) is 12.9. The molecule has 1 aliphatic heterocycles. The van der Waals surface area contributed by atoms with Crippen LogP contribution in [0.5, 0.6) is 0 Å². The Bertz CT molecular complexity index is 641. The van der Waals surface area contributed by atoms with Gasteiger partial charge in [-0.15, -0.1) is 23.1 Å². The van der Waals surface area contributed by atoms with Gasteiger partial charge in [0.05, 0.1) is 10.2 Å². The Morgan fingerprint density at radius 3 is 2.89 bits per heavy atom. The highest BCUT2D eigenvalue weighted by Gasteiger charge is 2.18. The van der Waals surface area contributed by atoms with Crippen molar-refractivity contribution in [2.24, 2.45) is 0 Å². The van der Waals surface area contributed by atoms with E-state index >= 15 is 0 Å². The second kappa shape index (κ2) is 4.63. The molecule has 0 unspecified atom stereocenters. The summed E-state index contributed by atoms with van der Waals surface area (Å²) in [6.07, 6.45) is 1.20. The molecule has 0 radical (unpaired) electrons. The summed E-state index contributed by atoms with van der Waals surface area (Å²) in [7, 11) is 0. The van der Waals surface area contributed by atoms with Crippen LogP contribution in [-0.2, 0) is 10.5 Å². The molecule has 0 fully saturated rings. The molecule has 4 heteroatoms. The molecule has 0 spiro atoms. The van der Waals surface area contributed by atoms with Crippen LogP contribution in [0.4, 0.5) is 0 Å². The van der Waals surface area contributed by atoms with Crippen molar-refractivity contribution in [1.82, 2.24) is 0 Å². The lowest BCUT2D eigenvalue weighted by molar-refractivity contribution is -0.297. The van der Waals surface area contributed by atoms with E-state index in [1.165, 1.54) is 15.8 Å². The van der Waals surface area contributed by atoms with Crippen LogP contribution in [0.1, 0.15) is 16.7 Å². The van der Waals surface area contributed by atoms with Crippen molar-refractivity contribution < 1.29 is 9.90 Å². The number of carboxylic acids is 1. The van der Waals surface area contributed by atoms with E-state index in [1.54, 1.807) is 23.1 Å². The highest BCUT2D eigenvalue weighted by Crippen LogP contribution is 2.42. The lowest BCUT2D eigenvalue weighted by Gasteiger charge is -2.09. The fourth-order valence-electron chi connectivity index (χ4n) is 2.08. The number of benzene rings is 1.